The summed E-state index contributed by atoms with van der Waals surface area (Å²) in [5.74, 6) is 0.151. The molecule has 1 aliphatic rings. The molecule has 0 saturated carbocycles. The van der Waals surface area contributed by atoms with E-state index in [2.05, 4.69) is 33.3 Å². The number of anilines is 1. The lowest BCUT2D eigenvalue weighted by atomic mass is 9.93. The summed E-state index contributed by atoms with van der Waals surface area (Å²) in [6.07, 6.45) is -1.17. The Balaban J connectivity index is 1.30. The number of hydrogen-bond acceptors (Lipinski definition) is 6. The minimum absolute atomic E-state index is 0.130. The first kappa shape index (κ1) is 29.8. The number of nitrogen functional groups attached to an aromatic ring is 1. The van der Waals surface area contributed by atoms with Gasteiger partial charge in [-0.25, -0.2) is 9.97 Å². The second kappa shape index (κ2) is 11.7. The first-order valence-corrected chi connectivity index (χ1v) is 14.8. The van der Waals surface area contributed by atoms with Crippen LogP contribution in [0.15, 0.2) is 67.1 Å². The molecule has 3 aromatic carbocycles. The van der Waals surface area contributed by atoms with Crippen molar-refractivity contribution < 1.29 is 18.0 Å². The van der Waals surface area contributed by atoms with Gasteiger partial charge in [0.2, 0.25) is 0 Å². The van der Waals surface area contributed by atoms with Gasteiger partial charge in [-0.1, -0.05) is 42.5 Å². The van der Waals surface area contributed by atoms with E-state index in [4.69, 9.17) is 5.73 Å². The maximum atomic E-state index is 14.1. The van der Waals surface area contributed by atoms with Gasteiger partial charge in [0.25, 0.3) is 0 Å². The molecular weight excluding hydrogens is 565 g/mol. The van der Waals surface area contributed by atoms with Crippen LogP contribution in [0.25, 0.3) is 32.9 Å². The van der Waals surface area contributed by atoms with Crippen molar-refractivity contribution in [3.8, 4) is 11.1 Å². The van der Waals surface area contributed by atoms with Crippen LogP contribution >= 0.6 is 0 Å². The number of likely N-dealkylation sites (N-methyl/N-ethyl adjacent to an activating group) is 1. The highest BCUT2D eigenvalue weighted by Crippen LogP contribution is 2.37. The summed E-state index contributed by atoms with van der Waals surface area (Å²) in [5.41, 5.74) is 9.19. The number of benzene rings is 3. The van der Waals surface area contributed by atoms with Crippen molar-refractivity contribution in [2.45, 2.75) is 39.0 Å². The monoisotopic (exact) mass is 600 g/mol. The Bertz CT molecular complexity index is 1850. The number of halogens is 3. The van der Waals surface area contributed by atoms with Gasteiger partial charge in [0.15, 0.2) is 5.78 Å². The standard InChI is InChI=1S/C34H35F3N6O/c1-21(2)43-19-28(31-32(38)39-20-40-33(31)43)24-9-10-26-23(17-24)5-4-6-27(26)30(44)16-22-7-8-25(29(15-22)34(35,36)37)18-42-13-11-41(3)12-14-42/h4-10,15,17,19-21H,11-14,16,18H2,1-3H3,(H2,38,39,40). The number of rotatable bonds is 7. The number of piperazine rings is 1. The SMILES string of the molecule is CC(C)n1cc(-c2ccc3c(C(=O)Cc4ccc(CN5CCN(C)CC5)c(C(F)(F)F)c4)cccc3c2)c2c(N)ncnc21. The van der Waals surface area contributed by atoms with E-state index in [1.807, 2.05) is 42.4 Å². The van der Waals surface area contributed by atoms with Crippen molar-refractivity contribution in [3.05, 3.63) is 89.4 Å². The number of carbonyl (C=O) groups is 1. The van der Waals surface area contributed by atoms with Crippen molar-refractivity contribution in [1.29, 1.82) is 0 Å². The first-order valence-electron chi connectivity index (χ1n) is 14.8. The molecule has 5 aromatic rings. The fourth-order valence-electron chi connectivity index (χ4n) is 6.08. The molecule has 10 heteroatoms. The predicted octanol–water partition coefficient (Wildman–Crippen LogP) is 6.61. The zero-order valence-electron chi connectivity index (χ0n) is 25.0. The normalized spacial score (nSPS) is 15.1. The quantitative estimate of drug-likeness (QED) is 0.212. The van der Waals surface area contributed by atoms with Gasteiger partial charge in [-0.2, -0.15) is 13.2 Å². The molecule has 1 aliphatic heterocycles. The lowest BCUT2D eigenvalue weighted by Gasteiger charge is -2.33. The zero-order chi connectivity index (χ0) is 31.2. The lowest BCUT2D eigenvalue weighted by Crippen LogP contribution is -2.44. The van der Waals surface area contributed by atoms with Gasteiger partial charge < -0.3 is 15.2 Å². The Morgan fingerprint density at radius 2 is 1.77 bits per heavy atom. The molecule has 1 fully saturated rings. The maximum Gasteiger partial charge on any atom is 0.416 e. The molecule has 0 aliphatic carbocycles. The third kappa shape index (κ3) is 5.79. The van der Waals surface area contributed by atoms with E-state index in [-0.39, 0.29) is 30.4 Å². The summed E-state index contributed by atoms with van der Waals surface area (Å²) in [7, 11) is 2.01. The molecule has 44 heavy (non-hydrogen) atoms. The number of alkyl halides is 3. The van der Waals surface area contributed by atoms with Gasteiger partial charge in [-0.05, 0) is 60.5 Å². The van der Waals surface area contributed by atoms with Crippen molar-refractivity contribution in [1.82, 2.24) is 24.3 Å². The number of nitrogens with two attached hydrogens (primary N) is 1. The van der Waals surface area contributed by atoms with Crippen molar-refractivity contribution >= 4 is 33.4 Å². The number of Topliss-reactive ketones (excluding diaryl/α,β-unsaturated/α-hetero) is 1. The summed E-state index contributed by atoms with van der Waals surface area (Å²) in [4.78, 5) is 26.4. The van der Waals surface area contributed by atoms with Crippen molar-refractivity contribution in [3.63, 3.8) is 0 Å². The third-order valence-corrected chi connectivity index (χ3v) is 8.52. The summed E-state index contributed by atoms with van der Waals surface area (Å²) >= 11 is 0. The zero-order valence-corrected chi connectivity index (χ0v) is 25.0. The molecule has 0 atom stereocenters. The van der Waals surface area contributed by atoms with Crippen LogP contribution in [0.4, 0.5) is 19.0 Å². The number of aromatic nitrogens is 3. The molecule has 2 aromatic heterocycles. The molecule has 3 heterocycles. The number of carbonyl (C=O) groups excluding carboxylic acids is 1. The maximum absolute atomic E-state index is 14.1. The Morgan fingerprint density at radius 1 is 1.00 bits per heavy atom. The molecule has 6 rings (SSSR count). The van der Waals surface area contributed by atoms with Gasteiger partial charge in [0.05, 0.1) is 10.9 Å². The molecular formula is C34H35F3N6O. The topological polar surface area (TPSA) is 80.3 Å². The summed E-state index contributed by atoms with van der Waals surface area (Å²) in [6.45, 7) is 7.46. The van der Waals surface area contributed by atoms with Gasteiger partial charge in [0, 0.05) is 62.5 Å². The first-order chi connectivity index (χ1) is 21.0. The summed E-state index contributed by atoms with van der Waals surface area (Å²) < 4.78 is 44.4. The van der Waals surface area contributed by atoms with Gasteiger partial charge in [-0.15, -0.1) is 0 Å². The minimum Gasteiger partial charge on any atom is -0.383 e. The predicted molar refractivity (Wildman–Crippen MR) is 168 cm³/mol. The Kier molecular flexibility index (Phi) is 7.89. The fraction of sp³-hybridized carbons (Fsp3) is 0.324. The van der Waals surface area contributed by atoms with E-state index in [0.29, 0.717) is 16.9 Å². The van der Waals surface area contributed by atoms with Crippen LogP contribution < -0.4 is 5.73 Å². The number of fused-ring (bicyclic) bond motifs is 2. The molecule has 228 valence electrons. The van der Waals surface area contributed by atoms with Crippen LogP contribution in [-0.4, -0.2) is 63.3 Å². The summed E-state index contributed by atoms with van der Waals surface area (Å²) in [5, 5.41) is 2.35. The van der Waals surface area contributed by atoms with Crippen LogP contribution in [-0.2, 0) is 19.1 Å². The average molecular weight is 601 g/mol. The number of hydrogen-bond donors (Lipinski definition) is 1. The van der Waals surface area contributed by atoms with E-state index in [1.54, 1.807) is 18.2 Å². The van der Waals surface area contributed by atoms with Crippen LogP contribution in [0.1, 0.15) is 46.9 Å². The van der Waals surface area contributed by atoms with Crippen LogP contribution in [0.5, 0.6) is 0 Å². The van der Waals surface area contributed by atoms with Crippen LogP contribution in [0.2, 0.25) is 0 Å². The average Bonchev–Trinajstić information content (AvgIpc) is 3.39. The Labute approximate surface area is 254 Å². The molecule has 0 unspecified atom stereocenters. The number of ketones is 1. The van der Waals surface area contributed by atoms with Crippen LogP contribution in [0.3, 0.4) is 0 Å². The molecule has 2 N–H and O–H groups in total. The van der Waals surface area contributed by atoms with Gasteiger partial charge >= 0.3 is 6.18 Å². The fourth-order valence-corrected chi connectivity index (χ4v) is 6.08. The molecule has 0 bridgehead atoms. The molecule has 0 spiro atoms. The van der Waals surface area contributed by atoms with Gasteiger partial charge in [0.1, 0.15) is 17.8 Å². The lowest BCUT2D eigenvalue weighted by molar-refractivity contribution is -0.138. The summed E-state index contributed by atoms with van der Waals surface area (Å²) in [6, 6.07) is 15.7. The second-order valence-corrected chi connectivity index (χ2v) is 11.9. The third-order valence-electron chi connectivity index (χ3n) is 8.52. The van der Waals surface area contributed by atoms with E-state index in [9.17, 15) is 18.0 Å². The van der Waals surface area contributed by atoms with E-state index >= 15 is 0 Å². The Morgan fingerprint density at radius 3 is 2.50 bits per heavy atom. The number of nitrogens with zero attached hydrogens (tertiary/aromatic N) is 5. The minimum atomic E-state index is -4.51. The van der Waals surface area contributed by atoms with Gasteiger partial charge in [-0.3, -0.25) is 9.69 Å². The van der Waals surface area contributed by atoms with E-state index < -0.39 is 11.7 Å². The molecule has 0 amide bonds. The van der Waals surface area contributed by atoms with E-state index in [1.165, 1.54) is 12.4 Å². The molecule has 0 radical (unpaired) electrons. The highest BCUT2D eigenvalue weighted by molar-refractivity contribution is 6.10. The molecule has 1 saturated heterocycles. The van der Waals surface area contributed by atoms with Crippen molar-refractivity contribution in [2.75, 3.05) is 39.0 Å². The smallest absolute Gasteiger partial charge is 0.383 e. The molecule has 7 nitrogen and oxygen atoms in total. The second-order valence-electron chi connectivity index (χ2n) is 11.9. The highest BCUT2D eigenvalue weighted by atomic mass is 19.4. The van der Waals surface area contributed by atoms with E-state index in [0.717, 1.165) is 65.2 Å². The van der Waals surface area contributed by atoms with Crippen molar-refractivity contribution in [2.24, 2.45) is 0 Å². The Hall–Kier alpha value is -4.28. The highest BCUT2D eigenvalue weighted by Gasteiger charge is 2.34. The van der Waals surface area contributed by atoms with Crippen LogP contribution in [0, 0.1) is 0 Å². The largest absolute Gasteiger partial charge is 0.416 e.